The van der Waals surface area contributed by atoms with Crippen LogP contribution in [0.3, 0.4) is 0 Å². The zero-order chi connectivity index (χ0) is 13.0. The first-order valence-corrected chi connectivity index (χ1v) is 5.89. The Balaban J connectivity index is 2.44. The highest BCUT2D eigenvalue weighted by molar-refractivity contribution is 6.30. The highest BCUT2D eigenvalue weighted by Crippen LogP contribution is 2.19. The lowest BCUT2D eigenvalue weighted by atomic mass is 10.1. The number of para-hydroxylation sites is 1. The fourth-order valence-corrected chi connectivity index (χ4v) is 1.70. The first-order chi connectivity index (χ1) is 8.70. The fourth-order valence-electron chi connectivity index (χ4n) is 1.57. The zero-order valence-electron chi connectivity index (χ0n) is 9.89. The van der Waals surface area contributed by atoms with Crippen molar-refractivity contribution in [3.05, 3.63) is 64.7 Å². The van der Waals surface area contributed by atoms with Crippen LogP contribution in [0.1, 0.15) is 11.1 Å². The second kappa shape index (κ2) is 5.48. The van der Waals surface area contributed by atoms with E-state index in [1.807, 2.05) is 31.2 Å². The van der Waals surface area contributed by atoms with Gasteiger partial charge in [-0.25, -0.2) is 4.99 Å². The molecule has 2 rings (SSSR count). The van der Waals surface area contributed by atoms with Crippen molar-refractivity contribution < 1.29 is 0 Å². The van der Waals surface area contributed by atoms with Crippen molar-refractivity contribution in [3.63, 3.8) is 0 Å². The topological polar surface area (TPSA) is 36.1 Å². The number of halogens is 1. The number of rotatable bonds is 2. The number of benzene rings is 2. The third-order valence-corrected chi connectivity index (χ3v) is 2.82. The lowest BCUT2D eigenvalue weighted by Gasteiger charge is -2.01. The summed E-state index contributed by atoms with van der Waals surface area (Å²) in [6.45, 7) is 1.97. The van der Waals surface area contributed by atoms with Gasteiger partial charge in [-0.1, -0.05) is 41.9 Å². The maximum Gasteiger partial charge on any atom is 0.148 e. The van der Waals surface area contributed by atoms with Gasteiger partial charge in [0.2, 0.25) is 0 Å². The van der Waals surface area contributed by atoms with Gasteiger partial charge in [-0.15, -0.1) is 0 Å². The van der Waals surface area contributed by atoms with Crippen LogP contribution in [0.4, 0.5) is 5.69 Å². The SMILES string of the molecule is Cc1ccccc1/N=C(\C#N)c1ccc(Cl)cc1. The van der Waals surface area contributed by atoms with Crippen molar-refractivity contribution in [2.75, 3.05) is 0 Å². The molecular formula is C15H11ClN2. The van der Waals surface area contributed by atoms with Gasteiger partial charge in [-0.3, -0.25) is 0 Å². The molecule has 0 amide bonds. The van der Waals surface area contributed by atoms with Crippen LogP contribution in [-0.2, 0) is 0 Å². The Kier molecular flexibility index (Phi) is 3.76. The molecule has 0 unspecified atom stereocenters. The molecule has 0 heterocycles. The van der Waals surface area contributed by atoms with Crippen molar-refractivity contribution >= 4 is 23.0 Å². The van der Waals surface area contributed by atoms with Crippen molar-refractivity contribution in [2.24, 2.45) is 4.99 Å². The van der Waals surface area contributed by atoms with Crippen molar-refractivity contribution in [3.8, 4) is 6.07 Å². The van der Waals surface area contributed by atoms with Crippen LogP contribution in [0.2, 0.25) is 5.02 Å². The molecule has 3 heteroatoms. The standard InChI is InChI=1S/C15H11ClN2/c1-11-4-2-3-5-14(11)18-15(10-17)12-6-8-13(16)9-7-12/h2-9H,1H3/b18-15+. The summed E-state index contributed by atoms with van der Waals surface area (Å²) in [6.07, 6.45) is 0. The van der Waals surface area contributed by atoms with Crippen LogP contribution >= 0.6 is 11.6 Å². The number of aliphatic imine (C=N–C) groups is 1. The molecule has 88 valence electrons. The zero-order valence-corrected chi connectivity index (χ0v) is 10.6. The van der Waals surface area contributed by atoms with E-state index in [1.54, 1.807) is 24.3 Å². The molecule has 0 atom stereocenters. The molecule has 0 saturated heterocycles. The van der Waals surface area contributed by atoms with Crippen molar-refractivity contribution in [1.82, 2.24) is 0 Å². The van der Waals surface area contributed by atoms with Crippen molar-refractivity contribution in [1.29, 1.82) is 5.26 Å². The van der Waals surface area contributed by atoms with E-state index in [1.165, 1.54) is 0 Å². The lowest BCUT2D eigenvalue weighted by Crippen LogP contribution is -1.96. The summed E-state index contributed by atoms with van der Waals surface area (Å²) in [5.74, 6) is 0. The van der Waals surface area contributed by atoms with Crippen LogP contribution in [-0.4, -0.2) is 5.71 Å². The molecule has 0 fully saturated rings. The van der Waals surface area contributed by atoms with Gasteiger partial charge in [0.25, 0.3) is 0 Å². The summed E-state index contributed by atoms with van der Waals surface area (Å²) < 4.78 is 0. The van der Waals surface area contributed by atoms with Crippen LogP contribution in [0, 0.1) is 18.3 Å². The molecule has 0 aliphatic carbocycles. The Morgan fingerprint density at radius 2 is 1.78 bits per heavy atom. The molecule has 0 bridgehead atoms. The molecule has 0 aliphatic heterocycles. The van der Waals surface area contributed by atoms with Crippen LogP contribution in [0.5, 0.6) is 0 Å². The number of nitrogens with zero attached hydrogens (tertiary/aromatic N) is 2. The minimum Gasteiger partial charge on any atom is -0.237 e. The highest BCUT2D eigenvalue weighted by Gasteiger charge is 2.03. The molecular weight excluding hydrogens is 244 g/mol. The molecule has 2 aromatic rings. The minimum absolute atomic E-state index is 0.390. The Morgan fingerprint density at radius 3 is 2.39 bits per heavy atom. The molecule has 2 nitrogen and oxygen atoms in total. The van der Waals surface area contributed by atoms with Gasteiger partial charge in [-0.05, 0) is 30.7 Å². The monoisotopic (exact) mass is 254 g/mol. The molecule has 0 spiro atoms. The van der Waals surface area contributed by atoms with Gasteiger partial charge in [0.1, 0.15) is 11.8 Å². The summed E-state index contributed by atoms with van der Waals surface area (Å²) in [6, 6.07) is 16.9. The predicted molar refractivity (Wildman–Crippen MR) is 74.4 cm³/mol. The molecule has 0 aromatic heterocycles. The first-order valence-electron chi connectivity index (χ1n) is 5.51. The van der Waals surface area contributed by atoms with Gasteiger partial charge in [0.05, 0.1) is 5.69 Å². The van der Waals surface area contributed by atoms with Gasteiger partial charge in [-0.2, -0.15) is 5.26 Å². The summed E-state index contributed by atoms with van der Waals surface area (Å²) >= 11 is 5.82. The average molecular weight is 255 g/mol. The molecule has 2 aromatic carbocycles. The maximum absolute atomic E-state index is 9.19. The summed E-state index contributed by atoms with van der Waals surface area (Å²) in [5.41, 5.74) is 3.01. The molecule has 0 aliphatic rings. The summed E-state index contributed by atoms with van der Waals surface area (Å²) in [7, 11) is 0. The second-order valence-electron chi connectivity index (χ2n) is 3.87. The number of hydrogen-bond acceptors (Lipinski definition) is 2. The van der Waals surface area contributed by atoms with E-state index in [9.17, 15) is 5.26 Å². The number of aryl methyl sites for hydroxylation is 1. The van der Waals surface area contributed by atoms with Gasteiger partial charge < -0.3 is 0 Å². The maximum atomic E-state index is 9.19. The van der Waals surface area contributed by atoms with E-state index in [4.69, 9.17) is 11.6 Å². The van der Waals surface area contributed by atoms with Gasteiger partial charge in [0.15, 0.2) is 0 Å². The average Bonchev–Trinajstić information content (AvgIpc) is 2.39. The van der Waals surface area contributed by atoms with Crippen molar-refractivity contribution in [2.45, 2.75) is 6.92 Å². The second-order valence-corrected chi connectivity index (χ2v) is 4.30. The van der Waals surface area contributed by atoms with E-state index in [0.717, 1.165) is 16.8 Å². The third-order valence-electron chi connectivity index (χ3n) is 2.57. The van der Waals surface area contributed by atoms with Gasteiger partial charge >= 0.3 is 0 Å². The molecule has 0 saturated carbocycles. The fraction of sp³-hybridized carbons (Fsp3) is 0.0667. The quantitative estimate of drug-likeness (QED) is 0.737. The molecule has 0 N–H and O–H groups in total. The Bertz CT molecular complexity index is 622. The Morgan fingerprint density at radius 1 is 1.11 bits per heavy atom. The smallest absolute Gasteiger partial charge is 0.148 e. The van der Waals surface area contributed by atoms with E-state index in [2.05, 4.69) is 11.1 Å². The van der Waals surface area contributed by atoms with Crippen LogP contribution in [0.15, 0.2) is 53.5 Å². The summed E-state index contributed by atoms with van der Waals surface area (Å²) in [5, 5.41) is 9.83. The third kappa shape index (κ3) is 2.77. The van der Waals surface area contributed by atoms with Gasteiger partial charge in [0, 0.05) is 10.6 Å². The van der Waals surface area contributed by atoms with E-state index >= 15 is 0 Å². The minimum atomic E-state index is 0.390. The normalized spacial score (nSPS) is 11.1. The largest absolute Gasteiger partial charge is 0.237 e. The Hall–Kier alpha value is -2.11. The van der Waals surface area contributed by atoms with Crippen LogP contribution < -0.4 is 0 Å². The summed E-state index contributed by atoms with van der Waals surface area (Å²) in [4.78, 5) is 4.39. The Labute approximate surface area is 111 Å². The number of hydrogen-bond donors (Lipinski definition) is 0. The van der Waals surface area contributed by atoms with E-state index < -0.39 is 0 Å². The lowest BCUT2D eigenvalue weighted by molar-refractivity contribution is 1.39. The predicted octanol–water partition coefficient (Wildman–Crippen LogP) is 4.29. The highest BCUT2D eigenvalue weighted by atomic mass is 35.5. The van der Waals surface area contributed by atoms with Crippen LogP contribution in [0.25, 0.3) is 0 Å². The molecule has 18 heavy (non-hydrogen) atoms. The molecule has 0 radical (unpaired) electrons. The van der Waals surface area contributed by atoms with E-state index in [0.29, 0.717) is 10.7 Å². The van der Waals surface area contributed by atoms with E-state index in [-0.39, 0.29) is 0 Å². The number of nitriles is 1. The first kappa shape index (κ1) is 12.3.